The van der Waals surface area contributed by atoms with Crippen molar-refractivity contribution in [2.45, 2.75) is 19.6 Å². The number of morpholine rings is 1. The molecule has 0 spiro atoms. The lowest BCUT2D eigenvalue weighted by atomic mass is 10.1. The van der Waals surface area contributed by atoms with E-state index in [1.165, 1.54) is 23.4 Å². The van der Waals surface area contributed by atoms with Gasteiger partial charge in [-0.2, -0.15) is 0 Å². The minimum Gasteiger partial charge on any atom is -0.489 e. The number of guanidine groups is 1. The molecule has 2 N–H and O–H groups in total. The fourth-order valence-corrected chi connectivity index (χ4v) is 3.23. The average molecular weight is 528 g/mol. The fraction of sp³-hybridized carbons (Fsp3) is 0.409. The van der Waals surface area contributed by atoms with Crippen molar-refractivity contribution in [2.24, 2.45) is 4.99 Å². The van der Waals surface area contributed by atoms with Crippen molar-refractivity contribution >= 4 is 35.6 Å². The van der Waals surface area contributed by atoms with E-state index in [-0.39, 0.29) is 35.9 Å². The first kappa shape index (κ1) is 24.2. The van der Waals surface area contributed by atoms with Gasteiger partial charge < -0.3 is 25.0 Å². The molecule has 2 aromatic carbocycles. The van der Waals surface area contributed by atoms with Crippen LogP contribution in [0.15, 0.2) is 53.5 Å². The molecule has 1 aliphatic rings. The zero-order valence-corrected chi connectivity index (χ0v) is 19.8. The Morgan fingerprint density at radius 1 is 1.17 bits per heavy atom. The number of aliphatic imine (C=N–C) groups is 1. The minimum atomic E-state index is -0.306. The smallest absolute Gasteiger partial charge is 0.191 e. The van der Waals surface area contributed by atoms with Crippen LogP contribution in [0.5, 0.6) is 5.75 Å². The predicted octanol–water partition coefficient (Wildman–Crippen LogP) is 3.41. The summed E-state index contributed by atoms with van der Waals surface area (Å²) in [7, 11) is 1.74. The highest BCUT2D eigenvalue weighted by Gasteiger charge is 2.14. The molecule has 1 unspecified atom stereocenters. The summed E-state index contributed by atoms with van der Waals surface area (Å²) in [6, 6.07) is 14.5. The van der Waals surface area contributed by atoms with Crippen LogP contribution in [0.1, 0.15) is 12.5 Å². The zero-order valence-electron chi connectivity index (χ0n) is 17.4. The summed E-state index contributed by atoms with van der Waals surface area (Å²) in [5.74, 6) is 0.900. The number of para-hydroxylation sites is 1. The van der Waals surface area contributed by atoms with Gasteiger partial charge in [0.2, 0.25) is 0 Å². The third-order valence-electron chi connectivity index (χ3n) is 4.70. The Morgan fingerprint density at radius 2 is 1.93 bits per heavy atom. The Balaban J connectivity index is 0.00000320. The summed E-state index contributed by atoms with van der Waals surface area (Å²) in [4.78, 5) is 6.64. The van der Waals surface area contributed by atoms with Gasteiger partial charge in [0.25, 0.3) is 0 Å². The Hall–Kier alpha value is -2.07. The molecule has 0 radical (unpaired) electrons. The van der Waals surface area contributed by atoms with E-state index in [9.17, 15) is 4.39 Å². The van der Waals surface area contributed by atoms with Crippen molar-refractivity contribution < 1.29 is 13.9 Å². The van der Waals surface area contributed by atoms with Crippen LogP contribution >= 0.6 is 24.0 Å². The number of hydrogen-bond donors (Lipinski definition) is 2. The number of nitrogens with one attached hydrogen (secondary N) is 2. The van der Waals surface area contributed by atoms with Gasteiger partial charge >= 0.3 is 0 Å². The van der Waals surface area contributed by atoms with Gasteiger partial charge in [-0.1, -0.05) is 24.3 Å². The Kier molecular flexibility index (Phi) is 10.2. The van der Waals surface area contributed by atoms with E-state index in [1.807, 2.05) is 13.0 Å². The molecule has 0 bridgehead atoms. The van der Waals surface area contributed by atoms with Crippen molar-refractivity contribution in [1.29, 1.82) is 0 Å². The maximum Gasteiger partial charge on any atom is 0.191 e. The monoisotopic (exact) mass is 528 g/mol. The molecule has 164 valence electrons. The molecule has 1 saturated heterocycles. The molecule has 0 aromatic heterocycles. The Labute approximate surface area is 194 Å². The van der Waals surface area contributed by atoms with Crippen LogP contribution in [0.25, 0.3) is 0 Å². The first-order chi connectivity index (χ1) is 14.2. The lowest BCUT2D eigenvalue weighted by Crippen LogP contribution is -2.42. The summed E-state index contributed by atoms with van der Waals surface area (Å²) < 4.78 is 24.5. The maximum absolute atomic E-state index is 13.3. The number of halogens is 2. The standard InChI is InChI=1S/C22H29FN4O2.HI/c1-17(29-20-8-5-7-19(23)14-20)15-25-22(24-2)26-16-18-6-3-4-9-21(18)27-10-12-28-13-11-27;/h3-9,14,17H,10-13,15-16H2,1-2H3,(H2,24,25,26);1H. The van der Waals surface area contributed by atoms with Crippen LogP contribution in [-0.2, 0) is 11.3 Å². The number of benzene rings is 2. The number of nitrogens with zero attached hydrogens (tertiary/aromatic N) is 2. The lowest BCUT2D eigenvalue weighted by Gasteiger charge is -2.30. The van der Waals surface area contributed by atoms with Crippen LogP contribution in [0, 0.1) is 5.82 Å². The molecule has 0 aliphatic carbocycles. The number of hydrogen-bond acceptors (Lipinski definition) is 4. The zero-order chi connectivity index (χ0) is 20.5. The van der Waals surface area contributed by atoms with Crippen molar-refractivity contribution in [1.82, 2.24) is 10.6 Å². The summed E-state index contributed by atoms with van der Waals surface area (Å²) in [6.45, 7) is 6.45. The molecule has 8 heteroatoms. The summed E-state index contributed by atoms with van der Waals surface area (Å²) in [5, 5.41) is 6.62. The normalized spacial score (nSPS) is 15.2. The fourth-order valence-electron chi connectivity index (χ4n) is 3.23. The number of rotatable bonds is 7. The molecule has 1 aliphatic heterocycles. The van der Waals surface area contributed by atoms with E-state index in [2.05, 4.69) is 38.7 Å². The topological polar surface area (TPSA) is 58.1 Å². The van der Waals surface area contributed by atoms with Crippen molar-refractivity contribution in [2.75, 3.05) is 44.8 Å². The third-order valence-corrected chi connectivity index (χ3v) is 4.70. The molecule has 6 nitrogen and oxygen atoms in total. The molecule has 3 rings (SSSR count). The highest BCUT2D eigenvalue weighted by atomic mass is 127. The highest BCUT2D eigenvalue weighted by Crippen LogP contribution is 2.21. The van der Waals surface area contributed by atoms with Gasteiger partial charge in [0, 0.05) is 38.4 Å². The first-order valence-electron chi connectivity index (χ1n) is 9.93. The van der Waals surface area contributed by atoms with Crippen LogP contribution < -0.4 is 20.3 Å². The Morgan fingerprint density at radius 3 is 2.67 bits per heavy atom. The van der Waals surface area contributed by atoms with Crippen molar-refractivity contribution in [3.05, 3.63) is 59.9 Å². The lowest BCUT2D eigenvalue weighted by molar-refractivity contribution is 0.122. The van der Waals surface area contributed by atoms with Crippen LogP contribution in [0.2, 0.25) is 0 Å². The quantitative estimate of drug-likeness (QED) is 0.328. The average Bonchev–Trinajstić information content (AvgIpc) is 2.75. The van der Waals surface area contributed by atoms with Gasteiger partial charge in [-0.25, -0.2) is 4.39 Å². The summed E-state index contributed by atoms with van der Waals surface area (Å²) in [6.07, 6.45) is -0.143. The molecular formula is C22H30FIN4O2. The summed E-state index contributed by atoms with van der Waals surface area (Å²) >= 11 is 0. The van der Waals surface area contributed by atoms with Crippen molar-refractivity contribution in [3.63, 3.8) is 0 Å². The molecule has 1 fully saturated rings. The second-order valence-electron chi connectivity index (χ2n) is 6.92. The minimum absolute atomic E-state index is 0. The van der Waals surface area contributed by atoms with Crippen molar-refractivity contribution in [3.8, 4) is 5.75 Å². The molecule has 1 heterocycles. The van der Waals surface area contributed by atoms with Crippen LogP contribution in [0.3, 0.4) is 0 Å². The van der Waals surface area contributed by atoms with Gasteiger partial charge in [-0.15, -0.1) is 24.0 Å². The van der Waals surface area contributed by atoms with E-state index < -0.39 is 0 Å². The molecular weight excluding hydrogens is 498 g/mol. The first-order valence-corrected chi connectivity index (χ1v) is 9.93. The molecule has 0 amide bonds. The van der Waals surface area contributed by atoms with E-state index in [0.29, 0.717) is 24.8 Å². The van der Waals surface area contributed by atoms with Gasteiger partial charge in [0.05, 0.1) is 19.8 Å². The second kappa shape index (κ2) is 12.6. The largest absolute Gasteiger partial charge is 0.489 e. The van der Waals surface area contributed by atoms with Crippen LogP contribution in [0.4, 0.5) is 10.1 Å². The number of anilines is 1. The maximum atomic E-state index is 13.3. The van der Waals surface area contributed by atoms with E-state index >= 15 is 0 Å². The summed E-state index contributed by atoms with van der Waals surface area (Å²) in [5.41, 5.74) is 2.43. The predicted molar refractivity (Wildman–Crippen MR) is 130 cm³/mol. The molecule has 0 saturated carbocycles. The highest BCUT2D eigenvalue weighted by molar-refractivity contribution is 14.0. The second-order valence-corrected chi connectivity index (χ2v) is 6.92. The van der Waals surface area contributed by atoms with E-state index in [4.69, 9.17) is 9.47 Å². The van der Waals surface area contributed by atoms with Gasteiger partial charge in [0.1, 0.15) is 17.7 Å². The number of ether oxygens (including phenoxy) is 2. The molecule has 30 heavy (non-hydrogen) atoms. The SMILES string of the molecule is CN=C(NCc1ccccc1N1CCOCC1)NCC(C)Oc1cccc(F)c1.I. The van der Waals surface area contributed by atoms with Gasteiger partial charge in [-0.05, 0) is 30.7 Å². The molecule has 2 aromatic rings. The molecule has 1 atom stereocenters. The van der Waals surface area contributed by atoms with Gasteiger partial charge in [-0.3, -0.25) is 4.99 Å². The van der Waals surface area contributed by atoms with Crippen LogP contribution in [-0.4, -0.2) is 52.0 Å². The third kappa shape index (κ3) is 7.32. The van der Waals surface area contributed by atoms with Gasteiger partial charge in [0.15, 0.2) is 5.96 Å². The van der Waals surface area contributed by atoms with E-state index in [0.717, 1.165) is 26.3 Å². The van der Waals surface area contributed by atoms with E-state index in [1.54, 1.807) is 19.2 Å². The Bertz CT molecular complexity index is 815.